The summed E-state index contributed by atoms with van der Waals surface area (Å²) < 4.78 is 18.4. The van der Waals surface area contributed by atoms with Gasteiger partial charge in [0.25, 0.3) is 0 Å². The van der Waals surface area contributed by atoms with Crippen LogP contribution < -0.4 is 0 Å². The molecule has 0 aliphatic carbocycles. The summed E-state index contributed by atoms with van der Waals surface area (Å²) >= 11 is 0. The van der Waals surface area contributed by atoms with Gasteiger partial charge < -0.3 is 14.2 Å². The smallest absolute Gasteiger partial charge is 0.339 e. The molecule has 4 nitrogen and oxygen atoms in total. The molecule has 0 bridgehead atoms. The minimum atomic E-state index is -0.597. The fraction of sp³-hybridized carbons (Fsp3) is 0.593. The second-order valence-corrected chi connectivity index (χ2v) is 9.62. The highest BCUT2D eigenvalue weighted by atomic mass is 16.8. The number of benzene rings is 1. The van der Waals surface area contributed by atoms with Crippen molar-refractivity contribution in [1.82, 2.24) is 0 Å². The molecule has 1 fully saturated rings. The van der Waals surface area contributed by atoms with Crippen LogP contribution in [0.3, 0.4) is 0 Å². The van der Waals surface area contributed by atoms with Gasteiger partial charge in [-0.05, 0) is 57.2 Å². The number of esters is 1. The van der Waals surface area contributed by atoms with Gasteiger partial charge in [0.1, 0.15) is 6.10 Å². The SMILES string of the molecule is CCCc1cc(C)c2c(c1)/C=C/C[C@@H]1OC(C)(C)O[C@@H]1[C@H](C)/C=C\[C@@H](C)[C@H](C)OC2=O. The first-order chi connectivity index (χ1) is 14.6. The number of hydrogen-bond donors (Lipinski definition) is 0. The first kappa shape index (κ1) is 23.7. The second-order valence-electron chi connectivity index (χ2n) is 9.62. The molecule has 0 aromatic heterocycles. The van der Waals surface area contributed by atoms with E-state index in [1.807, 2.05) is 27.7 Å². The molecule has 1 saturated heterocycles. The largest absolute Gasteiger partial charge is 0.458 e. The second kappa shape index (κ2) is 9.70. The van der Waals surface area contributed by atoms with Crippen molar-refractivity contribution in [2.75, 3.05) is 0 Å². The van der Waals surface area contributed by atoms with Crippen molar-refractivity contribution >= 4 is 12.0 Å². The monoisotopic (exact) mass is 426 g/mol. The summed E-state index contributed by atoms with van der Waals surface area (Å²) in [6.45, 7) is 14.3. The van der Waals surface area contributed by atoms with E-state index in [0.717, 1.165) is 30.4 Å². The molecule has 2 aliphatic rings. The van der Waals surface area contributed by atoms with Gasteiger partial charge in [0.15, 0.2) is 5.79 Å². The highest BCUT2D eigenvalue weighted by Crippen LogP contribution is 2.35. The van der Waals surface area contributed by atoms with Crippen LogP contribution in [0.1, 0.15) is 81.4 Å². The normalized spacial score (nSPS) is 33.0. The maximum Gasteiger partial charge on any atom is 0.339 e. The van der Waals surface area contributed by atoms with Crippen LogP contribution in [-0.2, 0) is 20.6 Å². The van der Waals surface area contributed by atoms with Gasteiger partial charge >= 0.3 is 5.97 Å². The van der Waals surface area contributed by atoms with Crippen molar-refractivity contribution in [3.63, 3.8) is 0 Å². The van der Waals surface area contributed by atoms with Crippen LogP contribution in [0.15, 0.2) is 30.4 Å². The number of aryl methyl sites for hydroxylation is 2. The molecule has 0 unspecified atom stereocenters. The van der Waals surface area contributed by atoms with Gasteiger partial charge in [0.05, 0.1) is 17.8 Å². The molecule has 2 aliphatic heterocycles. The molecule has 0 saturated carbocycles. The minimum absolute atomic E-state index is 0.0171. The number of cyclic esters (lactones) is 1. The maximum atomic E-state index is 13.1. The lowest BCUT2D eigenvalue weighted by molar-refractivity contribution is -0.148. The number of fused-ring (bicyclic) bond motifs is 2. The quantitative estimate of drug-likeness (QED) is 0.414. The third kappa shape index (κ3) is 5.67. The Morgan fingerprint density at radius 1 is 1.06 bits per heavy atom. The topological polar surface area (TPSA) is 44.8 Å². The number of ether oxygens (including phenoxy) is 3. The summed E-state index contributed by atoms with van der Waals surface area (Å²) in [5.41, 5.74) is 3.79. The van der Waals surface area contributed by atoms with E-state index in [1.165, 1.54) is 5.56 Å². The molecule has 2 heterocycles. The van der Waals surface area contributed by atoms with Gasteiger partial charge in [-0.25, -0.2) is 4.79 Å². The van der Waals surface area contributed by atoms with Crippen LogP contribution in [0.5, 0.6) is 0 Å². The Bertz CT molecular complexity index is 851. The minimum Gasteiger partial charge on any atom is -0.458 e. The Hall–Kier alpha value is -1.91. The van der Waals surface area contributed by atoms with Crippen molar-refractivity contribution in [3.8, 4) is 0 Å². The Kier molecular flexibility index (Phi) is 7.43. The van der Waals surface area contributed by atoms with Gasteiger partial charge in [-0.2, -0.15) is 0 Å². The van der Waals surface area contributed by atoms with E-state index in [4.69, 9.17) is 14.2 Å². The molecule has 31 heavy (non-hydrogen) atoms. The fourth-order valence-corrected chi connectivity index (χ4v) is 4.51. The molecule has 170 valence electrons. The van der Waals surface area contributed by atoms with Crippen molar-refractivity contribution in [1.29, 1.82) is 0 Å². The first-order valence-corrected chi connectivity index (χ1v) is 11.7. The molecule has 0 N–H and O–H groups in total. The van der Waals surface area contributed by atoms with Gasteiger partial charge in [-0.1, -0.05) is 63.6 Å². The Morgan fingerprint density at radius 3 is 2.48 bits per heavy atom. The summed E-state index contributed by atoms with van der Waals surface area (Å²) in [5, 5.41) is 0. The zero-order valence-corrected chi connectivity index (χ0v) is 20.1. The van der Waals surface area contributed by atoms with Crippen LogP contribution in [-0.4, -0.2) is 30.1 Å². The molecular weight excluding hydrogens is 388 g/mol. The Labute approximate surface area is 187 Å². The number of carbonyl (C=O) groups excluding carboxylic acids is 1. The lowest BCUT2D eigenvalue weighted by atomic mass is 9.93. The van der Waals surface area contributed by atoms with Crippen molar-refractivity contribution in [2.24, 2.45) is 11.8 Å². The molecule has 5 atom stereocenters. The van der Waals surface area contributed by atoms with Gasteiger partial charge in [0.2, 0.25) is 0 Å². The lowest BCUT2D eigenvalue weighted by Crippen LogP contribution is -2.29. The van der Waals surface area contributed by atoms with Crippen molar-refractivity contribution in [2.45, 2.75) is 91.8 Å². The molecular formula is C27H38O4. The first-order valence-electron chi connectivity index (χ1n) is 11.7. The highest BCUT2D eigenvalue weighted by Gasteiger charge is 2.42. The summed E-state index contributed by atoms with van der Waals surface area (Å²) in [5.74, 6) is -0.557. The van der Waals surface area contributed by atoms with E-state index in [2.05, 4.69) is 57.2 Å². The molecule has 0 spiro atoms. The van der Waals surface area contributed by atoms with E-state index in [-0.39, 0.29) is 36.1 Å². The molecule has 0 amide bonds. The van der Waals surface area contributed by atoms with Crippen LogP contribution in [0.25, 0.3) is 6.08 Å². The average Bonchev–Trinajstić information content (AvgIpc) is 2.99. The standard InChI is InChI=1S/C27H38O4/c1-8-10-21-15-19(4)24-22(16-21)11-9-12-23-25(31-27(6,7)30-23)18(3)14-13-17(2)20(5)29-26(24)28/h9,11,13-18,20,23,25H,8,10,12H2,1-7H3/b11-9+,14-13-/t17-,18-,20+,23+,25-/m1/s1. The fourth-order valence-electron chi connectivity index (χ4n) is 4.51. The van der Waals surface area contributed by atoms with E-state index in [0.29, 0.717) is 5.56 Å². The third-order valence-corrected chi connectivity index (χ3v) is 6.33. The molecule has 1 aromatic carbocycles. The third-order valence-electron chi connectivity index (χ3n) is 6.33. The summed E-state index contributed by atoms with van der Waals surface area (Å²) in [6.07, 6.45) is 11.0. The summed E-state index contributed by atoms with van der Waals surface area (Å²) in [7, 11) is 0. The zero-order valence-electron chi connectivity index (χ0n) is 20.1. The van der Waals surface area contributed by atoms with E-state index in [1.54, 1.807) is 0 Å². The van der Waals surface area contributed by atoms with Gasteiger partial charge in [0, 0.05) is 11.8 Å². The predicted octanol–water partition coefficient (Wildman–Crippen LogP) is 6.26. The van der Waals surface area contributed by atoms with Gasteiger partial charge in [-0.3, -0.25) is 0 Å². The number of carbonyl (C=O) groups is 1. The predicted molar refractivity (Wildman–Crippen MR) is 125 cm³/mol. The molecule has 1 aromatic rings. The van der Waals surface area contributed by atoms with Crippen molar-refractivity contribution < 1.29 is 19.0 Å². The van der Waals surface area contributed by atoms with Gasteiger partial charge in [-0.15, -0.1) is 0 Å². The number of rotatable bonds is 2. The van der Waals surface area contributed by atoms with E-state index in [9.17, 15) is 4.79 Å². The van der Waals surface area contributed by atoms with Crippen LogP contribution in [0.2, 0.25) is 0 Å². The molecule has 3 rings (SSSR count). The number of hydrogen-bond acceptors (Lipinski definition) is 4. The Morgan fingerprint density at radius 2 is 1.77 bits per heavy atom. The Balaban J connectivity index is 2.03. The highest BCUT2D eigenvalue weighted by molar-refractivity contribution is 5.95. The van der Waals surface area contributed by atoms with E-state index < -0.39 is 5.79 Å². The zero-order chi connectivity index (χ0) is 22.8. The summed E-state index contributed by atoms with van der Waals surface area (Å²) in [6, 6.07) is 4.24. The lowest BCUT2D eigenvalue weighted by Gasteiger charge is -2.23. The average molecular weight is 427 g/mol. The molecule has 4 heteroatoms. The van der Waals surface area contributed by atoms with Crippen LogP contribution in [0.4, 0.5) is 0 Å². The van der Waals surface area contributed by atoms with E-state index >= 15 is 0 Å². The van der Waals surface area contributed by atoms with Crippen molar-refractivity contribution in [3.05, 3.63) is 52.6 Å². The van der Waals surface area contributed by atoms with Crippen LogP contribution >= 0.6 is 0 Å². The van der Waals surface area contributed by atoms with Crippen LogP contribution in [0, 0.1) is 18.8 Å². The molecule has 0 radical (unpaired) electrons. The summed E-state index contributed by atoms with van der Waals surface area (Å²) in [4.78, 5) is 13.1. The maximum absolute atomic E-state index is 13.1.